The number of nitriles is 1. The van der Waals surface area contributed by atoms with Gasteiger partial charge in [0.25, 0.3) is 5.82 Å². The third-order valence-corrected chi connectivity index (χ3v) is 7.66. The quantitative estimate of drug-likeness (QED) is 0.576. The molecule has 2 aliphatic heterocycles. The first-order valence-corrected chi connectivity index (χ1v) is 12.3. The van der Waals surface area contributed by atoms with Gasteiger partial charge in [-0.15, -0.1) is 15.3 Å². The van der Waals surface area contributed by atoms with Crippen molar-refractivity contribution in [1.82, 2.24) is 35.3 Å². The summed E-state index contributed by atoms with van der Waals surface area (Å²) in [5.74, 6) is 0.780. The predicted molar refractivity (Wildman–Crippen MR) is 129 cm³/mol. The average molecular weight is 472 g/mol. The molecule has 6 rings (SSSR count). The van der Waals surface area contributed by atoms with Crippen LogP contribution in [0.1, 0.15) is 64.6 Å². The molecule has 3 aromatic rings. The van der Waals surface area contributed by atoms with Gasteiger partial charge < -0.3 is 15.3 Å². The molecular weight excluding hydrogens is 442 g/mol. The smallest absolute Gasteiger partial charge is 0.252 e. The summed E-state index contributed by atoms with van der Waals surface area (Å²) in [7, 11) is 0. The minimum absolute atomic E-state index is 0.0337. The van der Waals surface area contributed by atoms with E-state index in [-0.39, 0.29) is 22.7 Å². The number of piperidine rings is 2. The number of nitrogens with one attached hydrogen (secondary N) is 1. The van der Waals surface area contributed by atoms with Gasteiger partial charge in [-0.1, -0.05) is 0 Å². The normalized spacial score (nSPS) is 27.9. The lowest BCUT2D eigenvalue weighted by molar-refractivity contribution is 0.0764. The van der Waals surface area contributed by atoms with E-state index >= 15 is 0 Å². The SMILES string of the molecule is C[C@]12CCC[C@](C)(C[C@@H](N(c3ncc(-c4ccc(-n5cnc(C#N)n5)cc4O)nn3)C3CC3)C1)N2. The van der Waals surface area contributed by atoms with Crippen LogP contribution < -0.4 is 10.2 Å². The first kappa shape index (κ1) is 21.9. The molecule has 1 aliphatic carbocycles. The van der Waals surface area contributed by atoms with E-state index in [0.717, 1.165) is 12.8 Å². The number of rotatable bonds is 5. The van der Waals surface area contributed by atoms with Crippen LogP contribution >= 0.6 is 0 Å². The molecule has 2 saturated heterocycles. The summed E-state index contributed by atoms with van der Waals surface area (Å²) in [5, 5.41) is 36.6. The van der Waals surface area contributed by atoms with Crippen LogP contribution in [0.2, 0.25) is 0 Å². The van der Waals surface area contributed by atoms with E-state index < -0.39 is 0 Å². The molecule has 3 aliphatic rings. The van der Waals surface area contributed by atoms with Crippen LogP contribution in [0, 0.1) is 11.3 Å². The molecule has 0 radical (unpaired) electrons. The number of aromatic hydroxyl groups is 1. The van der Waals surface area contributed by atoms with Crippen molar-refractivity contribution in [3.8, 4) is 28.8 Å². The summed E-state index contributed by atoms with van der Waals surface area (Å²) in [6.07, 6.45) is 11.3. The minimum atomic E-state index is 0.0337. The number of phenols is 1. The zero-order chi connectivity index (χ0) is 24.2. The Morgan fingerprint density at radius 3 is 2.49 bits per heavy atom. The number of anilines is 1. The third kappa shape index (κ3) is 4.10. The zero-order valence-electron chi connectivity index (χ0n) is 20.0. The third-order valence-electron chi connectivity index (χ3n) is 7.66. The van der Waals surface area contributed by atoms with Crippen LogP contribution in [0.15, 0.2) is 30.7 Å². The summed E-state index contributed by atoms with van der Waals surface area (Å²) in [6, 6.07) is 7.86. The number of phenolic OH excluding ortho intramolecular Hbond substituents is 1. The fourth-order valence-electron chi connectivity index (χ4n) is 6.14. The fraction of sp³-hybridized carbons (Fsp3) is 0.520. The number of nitrogens with zero attached hydrogens (tertiary/aromatic N) is 8. The van der Waals surface area contributed by atoms with Crippen LogP contribution in [0.3, 0.4) is 0 Å². The molecule has 0 unspecified atom stereocenters. The van der Waals surface area contributed by atoms with Gasteiger partial charge in [-0.25, -0.2) is 14.6 Å². The molecule has 1 aromatic carbocycles. The topological polar surface area (TPSA) is 129 Å². The Bertz CT molecular complexity index is 1280. The van der Waals surface area contributed by atoms with Crippen molar-refractivity contribution < 1.29 is 5.11 Å². The van der Waals surface area contributed by atoms with E-state index in [1.807, 2.05) is 6.07 Å². The van der Waals surface area contributed by atoms with E-state index in [1.165, 1.54) is 43.1 Å². The molecular formula is C25H29N9O. The van der Waals surface area contributed by atoms with E-state index in [2.05, 4.69) is 44.3 Å². The number of aromatic nitrogens is 6. The van der Waals surface area contributed by atoms with Crippen molar-refractivity contribution in [2.45, 2.75) is 82.0 Å². The summed E-state index contributed by atoms with van der Waals surface area (Å²) in [6.45, 7) is 4.72. The van der Waals surface area contributed by atoms with Crippen molar-refractivity contribution in [2.75, 3.05) is 4.90 Å². The lowest BCUT2D eigenvalue weighted by Gasteiger charge is -2.55. The number of hydrogen-bond acceptors (Lipinski definition) is 9. The van der Waals surface area contributed by atoms with Crippen molar-refractivity contribution >= 4 is 5.95 Å². The second-order valence-electron chi connectivity index (χ2n) is 10.8. The van der Waals surface area contributed by atoms with Gasteiger partial charge in [0.15, 0.2) is 0 Å². The highest BCUT2D eigenvalue weighted by Crippen LogP contribution is 2.44. The molecule has 2 bridgehead atoms. The zero-order valence-corrected chi connectivity index (χ0v) is 20.0. The largest absolute Gasteiger partial charge is 0.507 e. The Morgan fingerprint density at radius 2 is 1.89 bits per heavy atom. The molecule has 10 heteroatoms. The van der Waals surface area contributed by atoms with E-state index in [4.69, 9.17) is 10.2 Å². The van der Waals surface area contributed by atoms with Crippen LogP contribution in [0.4, 0.5) is 5.95 Å². The first-order chi connectivity index (χ1) is 16.8. The Balaban J connectivity index is 1.26. The first-order valence-electron chi connectivity index (χ1n) is 12.3. The van der Waals surface area contributed by atoms with Gasteiger partial charge in [0.2, 0.25) is 5.95 Å². The fourth-order valence-corrected chi connectivity index (χ4v) is 6.14. The molecule has 1 saturated carbocycles. The van der Waals surface area contributed by atoms with Gasteiger partial charge in [0.1, 0.15) is 23.8 Å². The van der Waals surface area contributed by atoms with Crippen molar-refractivity contribution in [2.24, 2.45) is 0 Å². The van der Waals surface area contributed by atoms with Crippen molar-refractivity contribution in [1.29, 1.82) is 5.26 Å². The van der Waals surface area contributed by atoms with Gasteiger partial charge in [-0.2, -0.15) is 5.26 Å². The van der Waals surface area contributed by atoms with Gasteiger partial charge in [0.05, 0.1) is 11.9 Å². The van der Waals surface area contributed by atoms with Crippen molar-refractivity contribution in [3.63, 3.8) is 0 Å². The molecule has 3 atom stereocenters. The Labute approximate surface area is 204 Å². The monoisotopic (exact) mass is 471 g/mol. The Kier molecular flexibility index (Phi) is 5.00. The molecule has 3 fully saturated rings. The van der Waals surface area contributed by atoms with Crippen LogP contribution in [0.5, 0.6) is 5.75 Å². The van der Waals surface area contributed by atoms with Gasteiger partial charge in [0, 0.05) is 34.8 Å². The number of fused-ring (bicyclic) bond motifs is 2. The van der Waals surface area contributed by atoms with Gasteiger partial charge in [-0.3, -0.25) is 0 Å². The Hall–Kier alpha value is -3.58. The molecule has 2 aromatic heterocycles. The van der Waals surface area contributed by atoms with E-state index in [0.29, 0.717) is 35.0 Å². The summed E-state index contributed by atoms with van der Waals surface area (Å²) in [4.78, 5) is 11.0. The van der Waals surface area contributed by atoms with Crippen molar-refractivity contribution in [3.05, 3.63) is 36.5 Å². The van der Waals surface area contributed by atoms with Gasteiger partial charge in [-0.05, 0) is 70.9 Å². The number of hydrogen-bond donors (Lipinski definition) is 2. The number of benzene rings is 1. The predicted octanol–water partition coefficient (Wildman–Crippen LogP) is 3.12. The lowest BCUT2D eigenvalue weighted by atomic mass is 9.69. The molecule has 4 heterocycles. The average Bonchev–Trinajstić information content (AvgIpc) is 3.53. The summed E-state index contributed by atoms with van der Waals surface area (Å²) >= 11 is 0. The minimum Gasteiger partial charge on any atom is -0.507 e. The lowest BCUT2D eigenvalue weighted by Crippen LogP contribution is -2.67. The molecule has 0 spiro atoms. The van der Waals surface area contributed by atoms with Crippen LogP contribution in [-0.2, 0) is 0 Å². The van der Waals surface area contributed by atoms with Crippen LogP contribution in [-0.4, -0.2) is 58.2 Å². The molecule has 10 nitrogen and oxygen atoms in total. The Morgan fingerprint density at radius 1 is 1.11 bits per heavy atom. The second kappa shape index (κ2) is 7.99. The molecule has 35 heavy (non-hydrogen) atoms. The highest BCUT2D eigenvalue weighted by molar-refractivity contribution is 5.68. The van der Waals surface area contributed by atoms with E-state index in [1.54, 1.807) is 24.4 Å². The van der Waals surface area contributed by atoms with Crippen LogP contribution in [0.25, 0.3) is 16.9 Å². The van der Waals surface area contributed by atoms with E-state index in [9.17, 15) is 5.11 Å². The standard InChI is InChI=1S/C25H29N9O/c1-24-8-3-9-25(2,32-24)12-18(11-24)34(16-4-5-16)23-27-14-20(29-30-23)19-7-6-17(10-21(19)35)33-15-28-22(13-26)31-33/h6-7,10,14-16,18,32,35H,3-5,8-9,11-12H2,1-2H3/t18-,24-,25+. The highest BCUT2D eigenvalue weighted by Gasteiger charge is 2.49. The maximum absolute atomic E-state index is 10.7. The summed E-state index contributed by atoms with van der Waals surface area (Å²) in [5.41, 5.74) is 1.95. The summed E-state index contributed by atoms with van der Waals surface area (Å²) < 4.78 is 1.44. The molecule has 2 N–H and O–H groups in total. The maximum Gasteiger partial charge on any atom is 0.252 e. The molecule has 180 valence electrons. The second-order valence-corrected chi connectivity index (χ2v) is 10.8. The van der Waals surface area contributed by atoms with Gasteiger partial charge >= 0.3 is 0 Å². The highest BCUT2D eigenvalue weighted by atomic mass is 16.3. The maximum atomic E-state index is 10.7. The molecule has 0 amide bonds.